The third-order valence-electron chi connectivity index (χ3n) is 2.44. The molecule has 0 unspecified atom stereocenters. The number of carbonyl (C=O) groups is 1. The minimum absolute atomic E-state index is 0.135. The zero-order valence-electron chi connectivity index (χ0n) is 8.65. The summed E-state index contributed by atoms with van der Waals surface area (Å²) in [6, 6.07) is 9.24. The first kappa shape index (κ1) is 11.7. The van der Waals surface area contributed by atoms with Crippen molar-refractivity contribution >= 4 is 17.9 Å². The summed E-state index contributed by atoms with van der Waals surface area (Å²) < 4.78 is 0.135. The molecule has 0 heterocycles. The van der Waals surface area contributed by atoms with E-state index in [4.69, 9.17) is 0 Å². The van der Waals surface area contributed by atoms with Crippen molar-refractivity contribution in [2.45, 2.75) is 0 Å². The Morgan fingerprint density at radius 1 is 1.00 bits per heavy atom. The third kappa shape index (κ3) is 2.18. The van der Waals surface area contributed by atoms with E-state index in [9.17, 15) is 4.79 Å². The average molecular weight is 259 g/mol. The van der Waals surface area contributed by atoms with Crippen molar-refractivity contribution in [3.05, 3.63) is 70.4 Å². The minimum atomic E-state index is -2.95. The molecular formula is C13H14GeO. The molecule has 1 aromatic carbocycles. The fourth-order valence-electron chi connectivity index (χ4n) is 1.37. The SMILES string of the molecule is C=[CH][Ge]([CH]=C)([CH]=C)[C](=O)c1ccccc1. The Kier molecular flexibility index (Phi) is 3.86. The Morgan fingerprint density at radius 2 is 1.47 bits per heavy atom. The second-order valence-corrected chi connectivity index (χ2v) is 10.7. The molecule has 1 aromatic rings. The van der Waals surface area contributed by atoms with E-state index >= 15 is 0 Å². The van der Waals surface area contributed by atoms with Gasteiger partial charge in [-0.3, -0.25) is 0 Å². The van der Waals surface area contributed by atoms with Crippen LogP contribution in [0.15, 0.2) is 64.8 Å². The standard InChI is InChI=1S/C13H14GeO/c1-4-14(5-2,6-3)13(15)12-10-8-7-9-11-12/h4-11H,1-3H2. The quantitative estimate of drug-likeness (QED) is 0.742. The van der Waals surface area contributed by atoms with E-state index in [2.05, 4.69) is 19.7 Å². The van der Waals surface area contributed by atoms with Crippen molar-refractivity contribution in [1.82, 2.24) is 0 Å². The van der Waals surface area contributed by atoms with E-state index in [0.717, 1.165) is 5.56 Å². The van der Waals surface area contributed by atoms with Gasteiger partial charge in [0.15, 0.2) is 0 Å². The summed E-state index contributed by atoms with van der Waals surface area (Å²) in [5, 5.41) is 0. The zero-order chi connectivity index (χ0) is 11.3. The van der Waals surface area contributed by atoms with E-state index in [1.54, 1.807) is 14.7 Å². The molecule has 0 amide bonds. The van der Waals surface area contributed by atoms with Crippen LogP contribution >= 0.6 is 0 Å². The molecule has 2 heteroatoms. The summed E-state index contributed by atoms with van der Waals surface area (Å²) in [5.41, 5.74) is 0.720. The number of benzene rings is 1. The second-order valence-electron chi connectivity index (χ2n) is 3.24. The summed E-state index contributed by atoms with van der Waals surface area (Å²) in [5.74, 6) is 0. The van der Waals surface area contributed by atoms with E-state index in [0.29, 0.717) is 0 Å². The van der Waals surface area contributed by atoms with Gasteiger partial charge in [-0.1, -0.05) is 0 Å². The zero-order valence-corrected chi connectivity index (χ0v) is 10.7. The van der Waals surface area contributed by atoms with Crippen molar-refractivity contribution in [1.29, 1.82) is 0 Å². The van der Waals surface area contributed by atoms with Gasteiger partial charge in [-0.05, 0) is 0 Å². The van der Waals surface area contributed by atoms with Gasteiger partial charge in [0.2, 0.25) is 0 Å². The van der Waals surface area contributed by atoms with Crippen LogP contribution in [-0.2, 0) is 0 Å². The number of hydrogen-bond donors (Lipinski definition) is 0. The summed E-state index contributed by atoms with van der Waals surface area (Å²) in [4.78, 5) is 17.5. The van der Waals surface area contributed by atoms with Gasteiger partial charge in [-0.2, -0.15) is 0 Å². The van der Waals surface area contributed by atoms with Crippen LogP contribution in [0.1, 0.15) is 10.4 Å². The van der Waals surface area contributed by atoms with E-state index in [1.807, 2.05) is 30.3 Å². The van der Waals surface area contributed by atoms with Gasteiger partial charge in [0.1, 0.15) is 0 Å². The molecule has 0 aliphatic heterocycles. The maximum absolute atomic E-state index is 12.2. The molecule has 0 aromatic heterocycles. The Labute approximate surface area is 93.2 Å². The molecule has 0 atom stereocenters. The normalized spacial score (nSPS) is 10.4. The van der Waals surface area contributed by atoms with Gasteiger partial charge in [-0.25, -0.2) is 0 Å². The van der Waals surface area contributed by atoms with Crippen LogP contribution in [0.25, 0.3) is 0 Å². The third-order valence-corrected chi connectivity index (χ3v) is 8.95. The molecule has 0 saturated carbocycles. The van der Waals surface area contributed by atoms with Gasteiger partial charge in [0.05, 0.1) is 0 Å². The Hall–Kier alpha value is -1.35. The maximum atomic E-state index is 12.2. The molecule has 0 aliphatic carbocycles. The van der Waals surface area contributed by atoms with E-state index in [1.165, 1.54) is 0 Å². The Morgan fingerprint density at radius 3 is 1.87 bits per heavy atom. The van der Waals surface area contributed by atoms with Gasteiger partial charge in [0, 0.05) is 0 Å². The first-order valence-corrected chi connectivity index (χ1v) is 9.39. The van der Waals surface area contributed by atoms with Gasteiger partial charge in [0.25, 0.3) is 0 Å². The molecule has 0 radical (unpaired) electrons. The molecule has 0 fully saturated rings. The molecule has 1 rings (SSSR count). The van der Waals surface area contributed by atoms with E-state index < -0.39 is 13.3 Å². The van der Waals surface area contributed by atoms with Crippen LogP contribution < -0.4 is 0 Å². The second kappa shape index (κ2) is 4.94. The van der Waals surface area contributed by atoms with Crippen LogP contribution in [0, 0.1) is 0 Å². The molecule has 0 N–H and O–H groups in total. The number of carbonyl (C=O) groups excluding carboxylic acids is 1. The molecule has 0 aliphatic rings. The van der Waals surface area contributed by atoms with Crippen molar-refractivity contribution in [3.63, 3.8) is 0 Å². The summed E-state index contributed by atoms with van der Waals surface area (Å²) >= 11 is -2.95. The summed E-state index contributed by atoms with van der Waals surface area (Å²) in [6.45, 7) is 11.2. The topological polar surface area (TPSA) is 17.1 Å². The van der Waals surface area contributed by atoms with Crippen molar-refractivity contribution in [2.24, 2.45) is 0 Å². The molecule has 1 nitrogen and oxygen atoms in total. The molecule has 0 saturated heterocycles. The van der Waals surface area contributed by atoms with Gasteiger partial charge in [-0.15, -0.1) is 0 Å². The van der Waals surface area contributed by atoms with Crippen LogP contribution in [0.2, 0.25) is 0 Å². The number of hydrogen-bond acceptors (Lipinski definition) is 1. The first-order valence-electron chi connectivity index (χ1n) is 4.71. The van der Waals surface area contributed by atoms with Crippen LogP contribution in [-0.4, -0.2) is 17.9 Å². The fraction of sp³-hybridized carbons (Fsp3) is 0. The summed E-state index contributed by atoms with van der Waals surface area (Å²) in [7, 11) is 0. The average Bonchev–Trinajstić information content (AvgIpc) is 2.33. The monoisotopic (exact) mass is 260 g/mol. The predicted molar refractivity (Wildman–Crippen MR) is 67.1 cm³/mol. The predicted octanol–water partition coefficient (Wildman–Crippen LogP) is 3.03. The van der Waals surface area contributed by atoms with Crippen molar-refractivity contribution in [3.8, 4) is 0 Å². The van der Waals surface area contributed by atoms with Crippen LogP contribution in [0.3, 0.4) is 0 Å². The number of rotatable bonds is 5. The molecule has 15 heavy (non-hydrogen) atoms. The molecule has 76 valence electrons. The molecule has 0 bridgehead atoms. The summed E-state index contributed by atoms with van der Waals surface area (Å²) in [6.07, 6.45) is 0. The molecular weight excluding hydrogens is 245 g/mol. The van der Waals surface area contributed by atoms with Crippen LogP contribution in [0.4, 0.5) is 0 Å². The van der Waals surface area contributed by atoms with Gasteiger partial charge < -0.3 is 0 Å². The molecule has 0 spiro atoms. The Balaban J connectivity index is 3.18. The van der Waals surface area contributed by atoms with Crippen LogP contribution in [0.5, 0.6) is 0 Å². The van der Waals surface area contributed by atoms with Crippen molar-refractivity contribution in [2.75, 3.05) is 0 Å². The van der Waals surface area contributed by atoms with Gasteiger partial charge >= 0.3 is 93.0 Å². The van der Waals surface area contributed by atoms with Crippen molar-refractivity contribution < 1.29 is 4.79 Å². The fourth-order valence-corrected chi connectivity index (χ4v) is 4.98. The Bertz CT molecular complexity index is 370. The van der Waals surface area contributed by atoms with E-state index in [-0.39, 0.29) is 4.62 Å². The first-order chi connectivity index (χ1) is 7.20.